The molecule has 5 N–H and O–H groups in total. The maximum atomic E-state index is 12.6. The molecule has 0 aliphatic carbocycles. The fourth-order valence-corrected chi connectivity index (χ4v) is 9.08. The molecule has 2 aromatic heterocycles. The van der Waals surface area contributed by atoms with Crippen LogP contribution in [-0.2, 0) is 18.0 Å². The molecule has 6 rings (SSSR count). The Kier molecular flexibility index (Phi) is 13.1. The van der Waals surface area contributed by atoms with E-state index in [1.807, 2.05) is 18.2 Å². The average Bonchev–Trinajstić information content (AvgIpc) is 3.66. The van der Waals surface area contributed by atoms with Crippen molar-refractivity contribution in [1.82, 2.24) is 0 Å². The Morgan fingerprint density at radius 1 is 0.717 bits per heavy atom. The first kappa shape index (κ1) is 40.0. The number of hydrogen-bond donors (Lipinski definition) is 3. The molecule has 0 bridgehead atoms. The molecule has 53 heavy (non-hydrogen) atoms. The third-order valence-corrected chi connectivity index (χ3v) is 11.7. The molecule has 2 heterocycles. The Labute approximate surface area is 337 Å². The molecule has 274 valence electrons. The van der Waals surface area contributed by atoms with Gasteiger partial charge in [0.2, 0.25) is 11.8 Å². The molecule has 0 saturated heterocycles. The second-order valence-electron chi connectivity index (χ2n) is 11.4. The molecule has 0 unspecified atom stereocenters. The van der Waals surface area contributed by atoms with Crippen molar-refractivity contribution >= 4 is 122 Å². The number of benzene rings is 4. The number of aromatic carboxylic acids is 1. The third kappa shape index (κ3) is 9.31. The molecule has 16 heteroatoms. The Balaban J connectivity index is 0.000000206. The van der Waals surface area contributed by atoms with Crippen molar-refractivity contribution in [3.05, 3.63) is 124 Å². The fourth-order valence-electron chi connectivity index (χ4n) is 5.10. The van der Waals surface area contributed by atoms with Crippen LogP contribution in [0.3, 0.4) is 0 Å². The molecule has 10 nitrogen and oxygen atoms in total. The minimum absolute atomic E-state index is 0.0354. The Morgan fingerprint density at radius 2 is 1.15 bits per heavy atom. The Morgan fingerprint density at radius 3 is 1.55 bits per heavy atom. The number of carbonyl (C=O) groups is 4. The number of carboxylic acid groups (broad SMARTS) is 1. The first-order chi connectivity index (χ1) is 25.2. The van der Waals surface area contributed by atoms with Crippen molar-refractivity contribution < 1.29 is 38.5 Å². The lowest BCUT2D eigenvalue weighted by Gasteiger charge is -2.11. The number of hydrogen-bond acceptors (Lipinski definition) is 9. The van der Waals surface area contributed by atoms with Gasteiger partial charge in [-0.25, -0.2) is 9.59 Å². The summed E-state index contributed by atoms with van der Waals surface area (Å²) in [6, 6.07) is 20.4. The minimum Gasteiger partial charge on any atom is -0.489 e. The summed E-state index contributed by atoms with van der Waals surface area (Å²) < 4.78 is 19.7. The molecule has 6 aromatic rings. The van der Waals surface area contributed by atoms with Crippen molar-refractivity contribution in [3.63, 3.8) is 0 Å². The molecule has 0 saturated carbocycles. The maximum absolute atomic E-state index is 12.6. The predicted molar refractivity (Wildman–Crippen MR) is 215 cm³/mol. The van der Waals surface area contributed by atoms with Crippen molar-refractivity contribution in [3.8, 4) is 11.5 Å². The molecule has 0 radical (unpaired) electrons. The SMILES string of the molecule is CC(C)OC(=O)c1sc2cccc(Cl)c2c1COc1ccc(C(N)=O)c(Br)c1.NC(=O)c1ccc(OCc2c(C(=O)O)sc3cccc(Cl)c23)cc1Br. The quantitative estimate of drug-likeness (QED) is 0.108. The van der Waals surface area contributed by atoms with Crippen LogP contribution < -0.4 is 20.9 Å². The van der Waals surface area contributed by atoms with E-state index in [0.29, 0.717) is 63.0 Å². The number of primary amides is 2. The molecule has 0 fully saturated rings. The van der Waals surface area contributed by atoms with Crippen LogP contribution in [-0.4, -0.2) is 35.0 Å². The van der Waals surface area contributed by atoms with E-state index >= 15 is 0 Å². The summed E-state index contributed by atoms with van der Waals surface area (Å²) in [4.78, 5) is 47.4. The second kappa shape index (κ2) is 17.3. The number of rotatable bonds is 11. The number of esters is 1. The van der Waals surface area contributed by atoms with Crippen LogP contribution in [0.15, 0.2) is 81.7 Å². The zero-order valence-corrected chi connectivity index (χ0v) is 34.0. The zero-order valence-electron chi connectivity index (χ0n) is 27.7. The lowest BCUT2D eigenvalue weighted by molar-refractivity contribution is 0.0380. The Bertz CT molecular complexity index is 2400. The first-order valence-electron chi connectivity index (χ1n) is 15.4. The van der Waals surface area contributed by atoms with Gasteiger partial charge in [0.1, 0.15) is 34.5 Å². The van der Waals surface area contributed by atoms with Crippen LogP contribution in [0.2, 0.25) is 10.0 Å². The van der Waals surface area contributed by atoms with Crippen LogP contribution in [0, 0.1) is 0 Å². The van der Waals surface area contributed by atoms with E-state index in [1.54, 1.807) is 68.4 Å². The highest BCUT2D eigenvalue weighted by Crippen LogP contribution is 2.39. The van der Waals surface area contributed by atoms with E-state index in [4.69, 9.17) is 48.9 Å². The van der Waals surface area contributed by atoms with Gasteiger partial charge < -0.3 is 30.8 Å². The largest absolute Gasteiger partial charge is 0.489 e. The molecule has 2 amide bonds. The number of fused-ring (bicyclic) bond motifs is 2. The van der Waals surface area contributed by atoms with Gasteiger partial charge in [-0.05, 0) is 106 Å². The summed E-state index contributed by atoms with van der Waals surface area (Å²) in [5.74, 6) is -1.53. The number of ether oxygens (including phenoxy) is 3. The van der Waals surface area contributed by atoms with Gasteiger partial charge in [-0.3, -0.25) is 9.59 Å². The lowest BCUT2D eigenvalue weighted by Crippen LogP contribution is -2.13. The smallest absolute Gasteiger partial charge is 0.349 e. The van der Waals surface area contributed by atoms with E-state index in [1.165, 1.54) is 11.3 Å². The van der Waals surface area contributed by atoms with Crippen molar-refractivity contribution in [1.29, 1.82) is 0 Å². The molecule has 0 atom stereocenters. The highest BCUT2D eigenvalue weighted by Gasteiger charge is 2.23. The Hall–Kier alpha value is -4.18. The van der Waals surface area contributed by atoms with Gasteiger partial charge in [0, 0.05) is 50.3 Å². The van der Waals surface area contributed by atoms with Gasteiger partial charge in [-0.1, -0.05) is 35.3 Å². The number of thiophene rings is 2. The third-order valence-electron chi connectivity index (χ3n) is 7.43. The molecule has 0 spiro atoms. The zero-order chi connectivity index (χ0) is 38.6. The van der Waals surface area contributed by atoms with Gasteiger partial charge in [0.05, 0.1) is 17.2 Å². The summed E-state index contributed by atoms with van der Waals surface area (Å²) in [6.07, 6.45) is -0.237. The summed E-state index contributed by atoms with van der Waals surface area (Å²) in [5.41, 5.74) is 12.5. The molecular weight excluding hydrogens is 895 g/mol. The van der Waals surface area contributed by atoms with E-state index < -0.39 is 23.8 Å². The molecule has 0 aliphatic heterocycles. The number of nitrogens with two attached hydrogens (primary N) is 2. The van der Waals surface area contributed by atoms with E-state index in [2.05, 4.69) is 31.9 Å². The van der Waals surface area contributed by atoms with Crippen molar-refractivity contribution in [2.75, 3.05) is 0 Å². The first-order valence-corrected chi connectivity index (χ1v) is 19.4. The van der Waals surface area contributed by atoms with Crippen molar-refractivity contribution in [2.24, 2.45) is 11.5 Å². The summed E-state index contributed by atoms with van der Waals surface area (Å²) in [5, 5.41) is 11.9. The summed E-state index contributed by atoms with van der Waals surface area (Å²) in [7, 11) is 0. The lowest BCUT2D eigenvalue weighted by atomic mass is 10.1. The number of carboxylic acids is 1. The summed E-state index contributed by atoms with van der Waals surface area (Å²) >= 11 is 21.7. The van der Waals surface area contributed by atoms with Gasteiger partial charge in [0.15, 0.2) is 0 Å². The van der Waals surface area contributed by atoms with Crippen LogP contribution in [0.25, 0.3) is 20.2 Å². The van der Waals surface area contributed by atoms with Gasteiger partial charge in [-0.2, -0.15) is 0 Å². The van der Waals surface area contributed by atoms with E-state index in [-0.39, 0.29) is 24.2 Å². The van der Waals surface area contributed by atoms with Crippen LogP contribution in [0.1, 0.15) is 65.0 Å². The normalized spacial score (nSPS) is 10.9. The number of carbonyl (C=O) groups excluding carboxylic acids is 3. The average molecular weight is 923 g/mol. The topological polar surface area (TPSA) is 168 Å². The van der Waals surface area contributed by atoms with Crippen LogP contribution in [0.5, 0.6) is 11.5 Å². The van der Waals surface area contributed by atoms with Crippen LogP contribution >= 0.6 is 77.7 Å². The maximum Gasteiger partial charge on any atom is 0.349 e. The van der Waals surface area contributed by atoms with Gasteiger partial charge >= 0.3 is 11.9 Å². The van der Waals surface area contributed by atoms with Gasteiger partial charge in [0.25, 0.3) is 0 Å². The monoisotopic (exact) mass is 920 g/mol. The molecule has 0 aliphatic rings. The second-order valence-corrected chi connectivity index (χ2v) is 16.0. The number of amides is 2. The standard InChI is InChI=1S/C20H17BrClNO4S.C17H11BrClNO4S/c1-10(2)27-20(25)18-13(17-15(22)4-3-5-16(17)28-18)9-26-11-6-7-12(19(23)24)14(21)8-11;18-11-6-8(4-5-9(11)16(20)21)24-7-10-14-12(19)2-1-3-13(14)25-15(10)17(22)23/h3-8,10H,9H2,1-2H3,(H2,23,24);1-6H,7H2,(H2,20,21)(H,22,23). The van der Waals surface area contributed by atoms with Gasteiger partial charge in [-0.15, -0.1) is 22.7 Å². The highest BCUT2D eigenvalue weighted by molar-refractivity contribution is 9.10. The fraction of sp³-hybridized carbons (Fsp3) is 0.135. The summed E-state index contributed by atoms with van der Waals surface area (Å²) in [6.45, 7) is 3.75. The number of halogens is 4. The minimum atomic E-state index is -1.03. The van der Waals surface area contributed by atoms with Crippen LogP contribution in [0.4, 0.5) is 0 Å². The molecular formula is C37H28Br2Cl2N2O8S2. The molecule has 4 aromatic carbocycles. The highest BCUT2D eigenvalue weighted by atomic mass is 79.9. The van der Waals surface area contributed by atoms with Crippen molar-refractivity contribution in [2.45, 2.75) is 33.2 Å². The van der Waals surface area contributed by atoms with E-state index in [0.717, 1.165) is 26.1 Å². The van der Waals surface area contributed by atoms with E-state index in [9.17, 15) is 24.3 Å². The predicted octanol–water partition coefficient (Wildman–Crippen LogP) is 10.3.